The van der Waals surface area contributed by atoms with Gasteiger partial charge in [-0.2, -0.15) is 0 Å². The Hall–Kier alpha value is -0.670. The van der Waals surface area contributed by atoms with Gasteiger partial charge in [-0.3, -0.25) is 0 Å². The van der Waals surface area contributed by atoms with E-state index >= 15 is 0 Å². The van der Waals surface area contributed by atoms with Gasteiger partial charge in [-0.15, -0.1) is 46.7 Å². The lowest BCUT2D eigenvalue weighted by Crippen LogP contribution is -2.36. The normalized spacial score (nSPS) is 11.2. The molecule has 0 radical (unpaired) electrons. The van der Waals surface area contributed by atoms with Crippen LogP contribution in [0.4, 0.5) is 0 Å². The van der Waals surface area contributed by atoms with E-state index in [-0.39, 0.29) is 24.0 Å². The van der Waals surface area contributed by atoms with Gasteiger partial charge in [-0.25, -0.2) is 9.98 Å². The second-order valence-electron chi connectivity index (χ2n) is 4.82. The molecule has 0 aliphatic heterocycles. The lowest BCUT2D eigenvalue weighted by Gasteiger charge is -2.09. The van der Waals surface area contributed by atoms with Crippen molar-refractivity contribution in [2.24, 2.45) is 4.99 Å². The summed E-state index contributed by atoms with van der Waals surface area (Å²) >= 11 is 3.49. The third kappa shape index (κ3) is 5.51. The summed E-state index contributed by atoms with van der Waals surface area (Å²) in [6.45, 7) is 10.6. The monoisotopic (exact) mass is 450 g/mol. The molecule has 0 atom stereocenters. The Morgan fingerprint density at radius 3 is 2.59 bits per heavy atom. The summed E-state index contributed by atoms with van der Waals surface area (Å²) in [6, 6.07) is 2.14. The average Bonchev–Trinajstić information content (AvgIpc) is 3.00. The smallest absolute Gasteiger partial charge is 0.191 e. The van der Waals surface area contributed by atoms with E-state index in [0.717, 1.165) is 29.8 Å². The van der Waals surface area contributed by atoms with Gasteiger partial charge in [0.15, 0.2) is 5.96 Å². The summed E-state index contributed by atoms with van der Waals surface area (Å²) < 4.78 is 0. The molecule has 0 unspecified atom stereocenters. The zero-order chi connectivity index (χ0) is 15.2. The van der Waals surface area contributed by atoms with Gasteiger partial charge in [0.05, 0.1) is 18.8 Å². The summed E-state index contributed by atoms with van der Waals surface area (Å²) in [7, 11) is 0. The van der Waals surface area contributed by atoms with Gasteiger partial charge in [-0.1, -0.05) is 0 Å². The Balaban J connectivity index is 0.00000242. The topological polar surface area (TPSA) is 49.3 Å². The van der Waals surface area contributed by atoms with Crippen LogP contribution in [0.25, 0.3) is 0 Å². The molecule has 2 N–H and O–H groups in total. The van der Waals surface area contributed by atoms with Crippen molar-refractivity contribution in [2.75, 3.05) is 6.54 Å². The van der Waals surface area contributed by atoms with Gasteiger partial charge in [-0.05, 0) is 44.7 Å². The molecule has 122 valence electrons. The van der Waals surface area contributed by atoms with Gasteiger partial charge in [0, 0.05) is 16.3 Å². The molecule has 4 nitrogen and oxygen atoms in total. The van der Waals surface area contributed by atoms with Crippen LogP contribution in [-0.4, -0.2) is 17.5 Å². The number of rotatable bonds is 5. The molecule has 2 rings (SSSR count). The van der Waals surface area contributed by atoms with Crippen molar-refractivity contribution >= 4 is 52.6 Å². The number of aryl methyl sites for hydroxylation is 3. The molecular weight excluding hydrogens is 427 g/mol. The molecule has 2 aromatic heterocycles. The van der Waals surface area contributed by atoms with Crippen LogP contribution in [0, 0.1) is 20.8 Å². The molecule has 0 saturated heterocycles. The maximum atomic E-state index is 4.64. The number of nitrogens with zero attached hydrogens (tertiary/aromatic N) is 2. The van der Waals surface area contributed by atoms with Gasteiger partial charge in [0.1, 0.15) is 5.01 Å². The summed E-state index contributed by atoms with van der Waals surface area (Å²) in [4.78, 5) is 11.8. The number of nitrogens with one attached hydrogen (secondary N) is 2. The number of aromatic nitrogens is 1. The first-order chi connectivity index (χ1) is 10.1. The van der Waals surface area contributed by atoms with Crippen LogP contribution in [0.5, 0.6) is 0 Å². The Morgan fingerprint density at radius 1 is 1.27 bits per heavy atom. The quantitative estimate of drug-likeness (QED) is 0.411. The second-order valence-corrected chi connectivity index (χ2v) is 7.11. The molecule has 0 aromatic carbocycles. The number of hydrogen-bond acceptors (Lipinski definition) is 4. The number of guanidine groups is 1. The minimum atomic E-state index is 0. The molecule has 22 heavy (non-hydrogen) atoms. The maximum absolute atomic E-state index is 4.64. The van der Waals surface area contributed by atoms with Gasteiger partial charge in [0.25, 0.3) is 0 Å². The van der Waals surface area contributed by atoms with E-state index in [1.54, 1.807) is 22.7 Å². The Kier molecular flexibility index (Phi) is 8.34. The summed E-state index contributed by atoms with van der Waals surface area (Å²) in [5, 5.41) is 9.84. The fourth-order valence-corrected chi connectivity index (χ4v) is 3.54. The van der Waals surface area contributed by atoms with Crippen molar-refractivity contribution in [1.29, 1.82) is 0 Å². The SMILES string of the molecule is CCNC(=NCc1sccc1C)NCc1nc(C)c(C)s1.I. The highest BCUT2D eigenvalue weighted by atomic mass is 127. The van der Waals surface area contributed by atoms with Crippen molar-refractivity contribution in [3.05, 3.63) is 37.5 Å². The average molecular weight is 450 g/mol. The summed E-state index contributed by atoms with van der Waals surface area (Å²) in [5.41, 5.74) is 2.43. The van der Waals surface area contributed by atoms with Crippen LogP contribution >= 0.6 is 46.7 Å². The third-order valence-corrected chi connectivity index (χ3v) is 5.25. The van der Waals surface area contributed by atoms with E-state index in [1.165, 1.54) is 15.3 Å². The predicted octanol–water partition coefficient (Wildman–Crippen LogP) is 4.00. The molecule has 0 spiro atoms. The van der Waals surface area contributed by atoms with Crippen LogP contribution in [0.3, 0.4) is 0 Å². The van der Waals surface area contributed by atoms with Crippen LogP contribution in [0.2, 0.25) is 0 Å². The molecule has 2 aromatic rings. The second kappa shape index (κ2) is 9.46. The molecule has 0 amide bonds. The highest BCUT2D eigenvalue weighted by Gasteiger charge is 2.05. The standard InChI is InChI=1S/C15H22N4S2.HI/c1-5-16-15(17-8-13-10(2)6-7-20-13)18-9-14-19-11(3)12(4)21-14;/h6-7H,5,8-9H2,1-4H3,(H2,16,17,18);1H. The molecule has 0 aliphatic rings. The lowest BCUT2D eigenvalue weighted by molar-refractivity contribution is 0.810. The van der Waals surface area contributed by atoms with E-state index in [2.05, 4.69) is 52.8 Å². The van der Waals surface area contributed by atoms with Crippen molar-refractivity contribution in [3.8, 4) is 0 Å². The van der Waals surface area contributed by atoms with Gasteiger partial charge < -0.3 is 10.6 Å². The highest BCUT2D eigenvalue weighted by Crippen LogP contribution is 2.17. The Labute approximate surface area is 157 Å². The number of aliphatic imine (C=N–C) groups is 1. The first-order valence-electron chi connectivity index (χ1n) is 7.08. The predicted molar refractivity (Wildman–Crippen MR) is 108 cm³/mol. The fraction of sp³-hybridized carbons (Fsp3) is 0.467. The molecular formula is C15H23IN4S2. The molecule has 0 fully saturated rings. The van der Waals surface area contributed by atoms with Crippen LogP contribution in [0.15, 0.2) is 16.4 Å². The summed E-state index contributed by atoms with van der Waals surface area (Å²) in [6.07, 6.45) is 0. The first-order valence-corrected chi connectivity index (χ1v) is 8.77. The maximum Gasteiger partial charge on any atom is 0.191 e. The lowest BCUT2D eigenvalue weighted by atomic mass is 10.3. The molecule has 0 saturated carbocycles. The molecule has 7 heteroatoms. The fourth-order valence-electron chi connectivity index (χ4n) is 1.83. The zero-order valence-corrected chi connectivity index (χ0v) is 17.4. The van der Waals surface area contributed by atoms with Gasteiger partial charge in [0.2, 0.25) is 0 Å². The third-order valence-electron chi connectivity index (χ3n) is 3.17. The minimum absolute atomic E-state index is 0. The van der Waals surface area contributed by atoms with E-state index in [0.29, 0.717) is 6.54 Å². The van der Waals surface area contributed by atoms with Crippen molar-refractivity contribution in [2.45, 2.75) is 40.8 Å². The number of thiazole rings is 1. The van der Waals surface area contributed by atoms with Crippen LogP contribution < -0.4 is 10.6 Å². The number of thiophene rings is 1. The minimum Gasteiger partial charge on any atom is -0.357 e. The van der Waals surface area contributed by atoms with E-state index in [4.69, 9.17) is 0 Å². The molecule has 0 bridgehead atoms. The molecule has 0 aliphatic carbocycles. The van der Waals surface area contributed by atoms with Crippen LogP contribution in [-0.2, 0) is 13.1 Å². The van der Waals surface area contributed by atoms with E-state index in [9.17, 15) is 0 Å². The van der Waals surface area contributed by atoms with Crippen molar-refractivity contribution in [1.82, 2.24) is 15.6 Å². The Bertz CT molecular complexity index is 599. The largest absolute Gasteiger partial charge is 0.357 e. The first kappa shape index (κ1) is 19.4. The van der Waals surface area contributed by atoms with Crippen molar-refractivity contribution < 1.29 is 0 Å². The van der Waals surface area contributed by atoms with E-state index in [1.807, 2.05) is 6.92 Å². The number of halogens is 1. The molecule has 2 heterocycles. The number of hydrogen-bond donors (Lipinski definition) is 2. The summed E-state index contributed by atoms with van der Waals surface area (Å²) in [5.74, 6) is 0.843. The Morgan fingerprint density at radius 2 is 2.05 bits per heavy atom. The van der Waals surface area contributed by atoms with Gasteiger partial charge >= 0.3 is 0 Å². The zero-order valence-electron chi connectivity index (χ0n) is 13.4. The highest BCUT2D eigenvalue weighted by molar-refractivity contribution is 14.0. The van der Waals surface area contributed by atoms with E-state index < -0.39 is 0 Å². The van der Waals surface area contributed by atoms with Crippen LogP contribution in [0.1, 0.15) is 32.9 Å². The van der Waals surface area contributed by atoms with Crippen molar-refractivity contribution in [3.63, 3.8) is 0 Å².